The van der Waals surface area contributed by atoms with E-state index >= 15 is 0 Å². The Morgan fingerprint density at radius 3 is 2.67 bits per heavy atom. The van der Waals surface area contributed by atoms with Gasteiger partial charge in [-0.15, -0.1) is 0 Å². The van der Waals surface area contributed by atoms with E-state index in [1.807, 2.05) is 0 Å². The average Bonchev–Trinajstić information content (AvgIpc) is 2.95. The van der Waals surface area contributed by atoms with Crippen LogP contribution in [0.1, 0.15) is 39.0 Å². The molecule has 0 bridgehead atoms. The third-order valence-corrected chi connectivity index (χ3v) is 6.13. The van der Waals surface area contributed by atoms with E-state index in [1.54, 1.807) is 6.07 Å². The van der Waals surface area contributed by atoms with E-state index in [9.17, 15) is 13.2 Å². The van der Waals surface area contributed by atoms with Gasteiger partial charge in [0, 0.05) is 24.9 Å². The number of nitriles is 1. The quantitative estimate of drug-likeness (QED) is 0.768. The lowest BCUT2D eigenvalue weighted by Gasteiger charge is -2.28. The van der Waals surface area contributed by atoms with Gasteiger partial charge in [-0.2, -0.15) is 9.57 Å². The average molecular weight is 270 g/mol. The highest BCUT2D eigenvalue weighted by atomic mass is 32.2. The van der Waals surface area contributed by atoms with E-state index in [4.69, 9.17) is 5.26 Å². The van der Waals surface area contributed by atoms with E-state index in [-0.39, 0.29) is 17.7 Å². The zero-order valence-electron chi connectivity index (χ0n) is 10.5. The van der Waals surface area contributed by atoms with Gasteiger partial charge in [-0.3, -0.25) is 4.79 Å². The highest BCUT2D eigenvalue weighted by Gasteiger charge is 2.44. The van der Waals surface area contributed by atoms with Gasteiger partial charge >= 0.3 is 0 Å². The van der Waals surface area contributed by atoms with Gasteiger partial charge in [-0.1, -0.05) is 0 Å². The molecular formula is C12H18N2O3S. The number of carbonyl (C=O) groups is 1. The number of ketones is 1. The van der Waals surface area contributed by atoms with Crippen LogP contribution in [0.3, 0.4) is 0 Å². The van der Waals surface area contributed by atoms with Crippen LogP contribution in [0, 0.1) is 17.2 Å². The largest absolute Gasteiger partial charge is 0.299 e. The van der Waals surface area contributed by atoms with E-state index in [2.05, 4.69) is 0 Å². The third-order valence-electron chi connectivity index (χ3n) is 4.02. The number of rotatable bonds is 3. The maximum absolute atomic E-state index is 12.2. The summed E-state index contributed by atoms with van der Waals surface area (Å²) in [5.41, 5.74) is 0. The molecule has 2 fully saturated rings. The molecular weight excluding hydrogens is 252 g/mol. The van der Waals surface area contributed by atoms with Crippen LogP contribution in [-0.4, -0.2) is 36.3 Å². The molecule has 0 aromatic carbocycles. The lowest BCUT2D eigenvalue weighted by atomic mass is 9.96. The number of carbonyl (C=O) groups excluding carboxylic acids is 1. The first-order valence-corrected chi connectivity index (χ1v) is 7.92. The Hall–Kier alpha value is -0.930. The Morgan fingerprint density at radius 2 is 2.11 bits per heavy atom. The summed E-state index contributed by atoms with van der Waals surface area (Å²) in [6.45, 7) is 1.85. The molecule has 1 aliphatic heterocycles. The summed E-state index contributed by atoms with van der Waals surface area (Å²) in [6, 6.07) is 1.58. The molecule has 2 aliphatic rings. The molecule has 1 saturated carbocycles. The predicted molar refractivity (Wildman–Crippen MR) is 66.1 cm³/mol. The lowest BCUT2D eigenvalue weighted by Crippen LogP contribution is -2.44. The van der Waals surface area contributed by atoms with Gasteiger partial charge in [-0.05, 0) is 32.6 Å². The Bertz CT molecular complexity index is 480. The van der Waals surface area contributed by atoms with Gasteiger partial charge in [0.25, 0.3) is 0 Å². The topological polar surface area (TPSA) is 78.2 Å². The smallest absolute Gasteiger partial charge is 0.230 e. The monoisotopic (exact) mass is 270 g/mol. The summed E-state index contributed by atoms with van der Waals surface area (Å²) >= 11 is 0. The second-order valence-electron chi connectivity index (χ2n) is 5.10. The van der Waals surface area contributed by atoms with Crippen LogP contribution >= 0.6 is 0 Å². The zero-order valence-corrected chi connectivity index (χ0v) is 11.3. The van der Waals surface area contributed by atoms with Crippen molar-refractivity contribution in [2.75, 3.05) is 6.54 Å². The summed E-state index contributed by atoms with van der Waals surface area (Å²) in [5, 5.41) is 7.78. The molecule has 5 nitrogen and oxygen atoms in total. The van der Waals surface area contributed by atoms with Gasteiger partial charge < -0.3 is 0 Å². The van der Waals surface area contributed by atoms with Crippen molar-refractivity contribution in [2.45, 2.75) is 50.3 Å². The van der Waals surface area contributed by atoms with Crippen molar-refractivity contribution < 1.29 is 13.2 Å². The molecule has 0 spiro atoms. The highest BCUT2D eigenvalue weighted by molar-refractivity contribution is 7.90. The highest BCUT2D eigenvalue weighted by Crippen LogP contribution is 2.35. The fraction of sp³-hybridized carbons (Fsp3) is 0.833. The molecule has 100 valence electrons. The fourth-order valence-corrected chi connectivity index (χ4v) is 4.56. The van der Waals surface area contributed by atoms with E-state index in [0.29, 0.717) is 13.0 Å². The second kappa shape index (κ2) is 4.98. The summed E-state index contributed by atoms with van der Waals surface area (Å²) in [5.74, 6) is 0.0416. The molecule has 0 N–H and O–H groups in total. The minimum Gasteiger partial charge on any atom is -0.299 e. The van der Waals surface area contributed by atoms with Crippen molar-refractivity contribution in [3.8, 4) is 6.07 Å². The SMILES string of the molecule is CC(C#N)S(=O)(=O)N1CCCC1C1CCCC1=O. The molecule has 0 amide bonds. The van der Waals surface area contributed by atoms with Gasteiger partial charge in [-0.25, -0.2) is 8.42 Å². The predicted octanol–water partition coefficient (Wildman–Crippen LogP) is 1.06. The first-order valence-electron chi connectivity index (χ1n) is 6.41. The third kappa shape index (κ3) is 2.17. The van der Waals surface area contributed by atoms with Crippen LogP contribution in [0.2, 0.25) is 0 Å². The summed E-state index contributed by atoms with van der Waals surface area (Å²) in [7, 11) is -3.58. The van der Waals surface area contributed by atoms with Crippen LogP contribution in [0.5, 0.6) is 0 Å². The standard InChI is InChI=1S/C12H18N2O3S/c1-9(8-13)18(16,17)14-7-3-5-11(14)10-4-2-6-12(10)15/h9-11H,2-7H2,1H3. The first-order chi connectivity index (χ1) is 8.48. The summed E-state index contributed by atoms with van der Waals surface area (Å²) in [4.78, 5) is 11.8. The number of hydrogen-bond acceptors (Lipinski definition) is 4. The number of hydrogen-bond donors (Lipinski definition) is 0. The van der Waals surface area contributed by atoms with Crippen molar-refractivity contribution in [3.05, 3.63) is 0 Å². The molecule has 18 heavy (non-hydrogen) atoms. The Kier molecular flexibility index (Phi) is 3.74. The van der Waals surface area contributed by atoms with Crippen LogP contribution in [0.15, 0.2) is 0 Å². The van der Waals surface area contributed by atoms with Crippen molar-refractivity contribution in [1.29, 1.82) is 5.26 Å². The van der Waals surface area contributed by atoms with Gasteiger partial charge in [0.1, 0.15) is 5.78 Å². The molecule has 3 unspecified atom stereocenters. The van der Waals surface area contributed by atoms with Crippen LogP contribution in [0.25, 0.3) is 0 Å². The minimum absolute atomic E-state index is 0.145. The molecule has 0 aromatic heterocycles. The lowest BCUT2D eigenvalue weighted by molar-refractivity contribution is -0.121. The maximum atomic E-state index is 12.2. The van der Waals surface area contributed by atoms with Crippen LogP contribution in [0.4, 0.5) is 0 Å². The summed E-state index contributed by atoms with van der Waals surface area (Å²) < 4.78 is 25.9. The molecule has 1 aliphatic carbocycles. The molecule has 2 rings (SSSR count). The Labute approximate surface area is 108 Å². The molecule has 1 heterocycles. The maximum Gasteiger partial charge on any atom is 0.230 e. The second-order valence-corrected chi connectivity index (χ2v) is 7.31. The van der Waals surface area contributed by atoms with E-state index < -0.39 is 15.3 Å². The fourth-order valence-electron chi connectivity index (χ4n) is 3.00. The van der Waals surface area contributed by atoms with E-state index in [0.717, 1.165) is 25.7 Å². The Morgan fingerprint density at radius 1 is 1.39 bits per heavy atom. The first kappa shape index (κ1) is 13.5. The number of nitrogens with zero attached hydrogens (tertiary/aromatic N) is 2. The van der Waals surface area contributed by atoms with E-state index in [1.165, 1.54) is 11.2 Å². The van der Waals surface area contributed by atoms with Crippen LogP contribution < -0.4 is 0 Å². The number of Topliss-reactive ketones (excluding diaryl/α,β-unsaturated/α-hetero) is 1. The minimum atomic E-state index is -3.58. The molecule has 3 atom stereocenters. The molecule has 0 radical (unpaired) electrons. The number of sulfonamides is 1. The van der Waals surface area contributed by atoms with Gasteiger partial charge in [0.05, 0.1) is 6.07 Å². The zero-order chi connectivity index (χ0) is 13.3. The normalized spacial score (nSPS) is 31.4. The Balaban J connectivity index is 2.23. The van der Waals surface area contributed by atoms with Gasteiger partial charge in [0.2, 0.25) is 10.0 Å². The molecule has 0 aromatic rings. The molecule has 1 saturated heterocycles. The van der Waals surface area contributed by atoms with Gasteiger partial charge in [0.15, 0.2) is 5.25 Å². The van der Waals surface area contributed by atoms with Crippen molar-refractivity contribution >= 4 is 15.8 Å². The molecule has 6 heteroatoms. The van der Waals surface area contributed by atoms with Crippen molar-refractivity contribution in [2.24, 2.45) is 5.92 Å². The van der Waals surface area contributed by atoms with Crippen molar-refractivity contribution in [1.82, 2.24) is 4.31 Å². The summed E-state index contributed by atoms with van der Waals surface area (Å²) in [6.07, 6.45) is 3.75. The van der Waals surface area contributed by atoms with Crippen molar-refractivity contribution in [3.63, 3.8) is 0 Å². The van der Waals surface area contributed by atoms with Crippen LogP contribution in [-0.2, 0) is 14.8 Å².